The van der Waals surface area contributed by atoms with Crippen molar-refractivity contribution >= 4 is 0 Å². The lowest BCUT2D eigenvalue weighted by atomic mass is 9.97. The van der Waals surface area contributed by atoms with Crippen LogP contribution < -0.4 is 5.32 Å². The van der Waals surface area contributed by atoms with Crippen LogP contribution in [0.4, 0.5) is 0 Å². The van der Waals surface area contributed by atoms with Crippen LogP contribution in [0.2, 0.25) is 0 Å². The van der Waals surface area contributed by atoms with Gasteiger partial charge < -0.3 is 10.2 Å². The van der Waals surface area contributed by atoms with Crippen LogP contribution >= 0.6 is 0 Å². The predicted molar refractivity (Wildman–Crippen MR) is 69.6 cm³/mol. The minimum Gasteiger partial charge on any atom is -0.311 e. The Balaban J connectivity index is 1.70. The molecule has 0 radical (unpaired) electrons. The van der Waals surface area contributed by atoms with Crippen molar-refractivity contribution in [2.24, 2.45) is 0 Å². The van der Waals surface area contributed by atoms with Crippen molar-refractivity contribution in [3.63, 3.8) is 0 Å². The molecule has 0 spiro atoms. The van der Waals surface area contributed by atoms with Crippen LogP contribution in [-0.2, 0) is 0 Å². The number of nitrogens with zero attached hydrogens (tertiary/aromatic N) is 1. The van der Waals surface area contributed by atoms with Crippen molar-refractivity contribution in [2.75, 3.05) is 13.1 Å². The van der Waals surface area contributed by atoms with E-state index in [-0.39, 0.29) is 0 Å². The maximum atomic E-state index is 3.84. The summed E-state index contributed by atoms with van der Waals surface area (Å²) in [5, 5.41) is 3.84. The van der Waals surface area contributed by atoms with E-state index in [2.05, 4.69) is 36.2 Å². The number of nitrogens with one attached hydrogen (secondary N) is 1. The molecule has 1 aliphatic heterocycles. The highest BCUT2D eigenvalue weighted by atomic mass is 15.2. The highest BCUT2D eigenvalue weighted by Crippen LogP contribution is 2.17. The first kappa shape index (κ1) is 12.1. The molecular weight excluding hydrogens is 196 g/mol. The van der Waals surface area contributed by atoms with E-state index in [1.165, 1.54) is 45.2 Å². The second kappa shape index (κ2) is 5.83. The van der Waals surface area contributed by atoms with Gasteiger partial charge in [-0.05, 0) is 59.0 Å². The molecule has 0 aromatic carbocycles. The summed E-state index contributed by atoms with van der Waals surface area (Å²) >= 11 is 0. The monoisotopic (exact) mass is 222 g/mol. The molecule has 92 valence electrons. The van der Waals surface area contributed by atoms with Crippen LogP contribution in [0.5, 0.6) is 0 Å². The zero-order valence-corrected chi connectivity index (χ0v) is 10.8. The number of rotatable bonds is 3. The van der Waals surface area contributed by atoms with Gasteiger partial charge in [-0.15, -0.1) is 0 Å². The number of piperidine rings is 1. The summed E-state index contributed by atoms with van der Waals surface area (Å²) in [5.41, 5.74) is 0. The van der Waals surface area contributed by atoms with E-state index in [0.29, 0.717) is 0 Å². The standard InChI is InChI=1S/C14H26N2/c1-12(2)16-10-8-14(9-11-16)15-13-6-4-3-5-7-13/h3-4,12-15H,5-11H2,1-2H3. The first-order chi connectivity index (χ1) is 7.75. The Morgan fingerprint density at radius 3 is 2.38 bits per heavy atom. The number of hydrogen-bond acceptors (Lipinski definition) is 2. The normalized spacial score (nSPS) is 28.8. The molecule has 1 heterocycles. The minimum absolute atomic E-state index is 0.721. The molecule has 0 bridgehead atoms. The van der Waals surface area contributed by atoms with Gasteiger partial charge in [0.25, 0.3) is 0 Å². The Hall–Kier alpha value is -0.340. The molecule has 1 unspecified atom stereocenters. The fraction of sp³-hybridized carbons (Fsp3) is 0.857. The molecule has 2 nitrogen and oxygen atoms in total. The second-order valence-corrected chi connectivity index (χ2v) is 5.55. The van der Waals surface area contributed by atoms with Crippen molar-refractivity contribution in [2.45, 2.75) is 64.1 Å². The second-order valence-electron chi connectivity index (χ2n) is 5.55. The molecule has 0 amide bonds. The summed E-state index contributed by atoms with van der Waals surface area (Å²) in [6.07, 6.45) is 11.2. The molecule has 1 fully saturated rings. The van der Waals surface area contributed by atoms with Crippen LogP contribution in [0.25, 0.3) is 0 Å². The Morgan fingerprint density at radius 2 is 1.81 bits per heavy atom. The van der Waals surface area contributed by atoms with E-state index in [1.54, 1.807) is 0 Å². The Morgan fingerprint density at radius 1 is 1.06 bits per heavy atom. The van der Waals surface area contributed by atoms with E-state index in [1.807, 2.05) is 0 Å². The molecule has 1 atom stereocenters. The molecule has 1 aliphatic carbocycles. The van der Waals surface area contributed by atoms with E-state index in [0.717, 1.165) is 18.1 Å². The third-order valence-electron chi connectivity index (χ3n) is 4.00. The van der Waals surface area contributed by atoms with Gasteiger partial charge >= 0.3 is 0 Å². The van der Waals surface area contributed by atoms with E-state index < -0.39 is 0 Å². The van der Waals surface area contributed by atoms with Crippen molar-refractivity contribution in [3.8, 4) is 0 Å². The highest BCUT2D eigenvalue weighted by Gasteiger charge is 2.22. The SMILES string of the molecule is CC(C)N1CCC(NC2CC=CCC2)CC1. The molecule has 1 N–H and O–H groups in total. The molecule has 0 aromatic rings. The van der Waals surface area contributed by atoms with Gasteiger partial charge in [0.2, 0.25) is 0 Å². The van der Waals surface area contributed by atoms with Gasteiger partial charge in [-0.2, -0.15) is 0 Å². The van der Waals surface area contributed by atoms with Crippen LogP contribution in [-0.4, -0.2) is 36.1 Å². The van der Waals surface area contributed by atoms with Gasteiger partial charge in [0.1, 0.15) is 0 Å². The van der Waals surface area contributed by atoms with E-state index >= 15 is 0 Å². The molecule has 2 rings (SSSR count). The zero-order valence-electron chi connectivity index (χ0n) is 10.8. The number of likely N-dealkylation sites (tertiary alicyclic amines) is 1. The lowest BCUT2D eigenvalue weighted by Gasteiger charge is -2.36. The summed E-state index contributed by atoms with van der Waals surface area (Å²) in [6.45, 7) is 7.16. The van der Waals surface area contributed by atoms with Gasteiger partial charge in [-0.3, -0.25) is 0 Å². The summed E-state index contributed by atoms with van der Waals surface area (Å²) in [6, 6.07) is 2.24. The molecule has 0 aromatic heterocycles. The predicted octanol–water partition coefficient (Wildman–Crippen LogP) is 2.56. The fourth-order valence-electron chi connectivity index (χ4n) is 2.86. The maximum Gasteiger partial charge on any atom is 0.0107 e. The first-order valence-electron chi connectivity index (χ1n) is 6.91. The molecule has 0 saturated carbocycles. The van der Waals surface area contributed by atoms with Crippen LogP contribution in [0.3, 0.4) is 0 Å². The molecule has 16 heavy (non-hydrogen) atoms. The van der Waals surface area contributed by atoms with Gasteiger partial charge in [-0.25, -0.2) is 0 Å². The lowest BCUT2D eigenvalue weighted by Crippen LogP contribution is -2.48. The molecular formula is C14H26N2. The van der Waals surface area contributed by atoms with Crippen molar-refractivity contribution in [3.05, 3.63) is 12.2 Å². The third-order valence-corrected chi connectivity index (χ3v) is 4.00. The number of allylic oxidation sites excluding steroid dienone is 1. The van der Waals surface area contributed by atoms with Crippen LogP contribution in [0, 0.1) is 0 Å². The van der Waals surface area contributed by atoms with Crippen molar-refractivity contribution < 1.29 is 0 Å². The molecule has 2 heteroatoms. The Bertz CT molecular complexity index is 227. The van der Waals surface area contributed by atoms with E-state index in [4.69, 9.17) is 0 Å². The molecule has 1 saturated heterocycles. The summed E-state index contributed by atoms with van der Waals surface area (Å²) in [7, 11) is 0. The van der Waals surface area contributed by atoms with Gasteiger partial charge in [0, 0.05) is 18.1 Å². The van der Waals surface area contributed by atoms with Gasteiger partial charge in [0.15, 0.2) is 0 Å². The third kappa shape index (κ3) is 3.33. The minimum atomic E-state index is 0.721. The highest BCUT2D eigenvalue weighted by molar-refractivity contribution is 4.94. The summed E-state index contributed by atoms with van der Waals surface area (Å²) in [5.74, 6) is 0. The Labute approximate surface area is 100 Å². The molecule has 2 aliphatic rings. The maximum absolute atomic E-state index is 3.84. The summed E-state index contributed by atoms with van der Waals surface area (Å²) in [4.78, 5) is 2.60. The topological polar surface area (TPSA) is 15.3 Å². The smallest absolute Gasteiger partial charge is 0.0107 e. The number of hydrogen-bond donors (Lipinski definition) is 1. The average Bonchev–Trinajstić information content (AvgIpc) is 2.31. The average molecular weight is 222 g/mol. The first-order valence-corrected chi connectivity index (χ1v) is 6.91. The summed E-state index contributed by atoms with van der Waals surface area (Å²) < 4.78 is 0. The van der Waals surface area contributed by atoms with Gasteiger partial charge in [0.05, 0.1) is 0 Å². The zero-order chi connectivity index (χ0) is 11.4. The largest absolute Gasteiger partial charge is 0.311 e. The van der Waals surface area contributed by atoms with Crippen molar-refractivity contribution in [1.82, 2.24) is 10.2 Å². The Kier molecular flexibility index (Phi) is 4.42. The van der Waals surface area contributed by atoms with Crippen molar-refractivity contribution in [1.29, 1.82) is 0 Å². The van der Waals surface area contributed by atoms with Gasteiger partial charge in [-0.1, -0.05) is 12.2 Å². The fourth-order valence-corrected chi connectivity index (χ4v) is 2.86. The lowest BCUT2D eigenvalue weighted by molar-refractivity contribution is 0.155. The van der Waals surface area contributed by atoms with E-state index in [9.17, 15) is 0 Å². The van der Waals surface area contributed by atoms with Crippen LogP contribution in [0.15, 0.2) is 12.2 Å². The quantitative estimate of drug-likeness (QED) is 0.738. The van der Waals surface area contributed by atoms with Crippen LogP contribution in [0.1, 0.15) is 46.0 Å².